The average Bonchev–Trinajstić information content (AvgIpc) is 2.99. The molecule has 1 amide bonds. The van der Waals surface area contributed by atoms with Gasteiger partial charge in [-0.3, -0.25) is 0 Å². The van der Waals surface area contributed by atoms with E-state index in [9.17, 15) is 4.79 Å². The lowest BCUT2D eigenvalue weighted by molar-refractivity contribution is 0.0291. The zero-order valence-corrected chi connectivity index (χ0v) is 14.3. The molecular weight excluding hydrogens is 278 g/mol. The van der Waals surface area contributed by atoms with Crippen molar-refractivity contribution in [3.05, 3.63) is 0 Å². The number of carbonyl (C=O) groups excluding carboxylic acids is 1. The van der Waals surface area contributed by atoms with Gasteiger partial charge in [-0.25, -0.2) is 4.79 Å². The Balaban J connectivity index is 1.35. The first-order valence-electron chi connectivity index (χ1n) is 8.86. The number of hydrogen-bond acceptors (Lipinski definition) is 4. The predicted molar refractivity (Wildman–Crippen MR) is 86.9 cm³/mol. The van der Waals surface area contributed by atoms with Gasteiger partial charge in [0, 0.05) is 31.7 Å². The Hall–Kier alpha value is -0.810. The number of hydrogen-bond donors (Lipinski definition) is 1. The number of ether oxygens (including phenoxy) is 1. The number of rotatable bonds is 4. The first kappa shape index (κ1) is 16.1. The third kappa shape index (κ3) is 4.35. The van der Waals surface area contributed by atoms with Crippen LogP contribution in [0.2, 0.25) is 0 Å². The molecule has 2 saturated heterocycles. The first-order chi connectivity index (χ1) is 10.4. The molecule has 2 aliphatic heterocycles. The van der Waals surface area contributed by atoms with Crippen LogP contribution >= 0.6 is 0 Å². The van der Waals surface area contributed by atoms with E-state index in [4.69, 9.17) is 4.74 Å². The normalized spacial score (nSPS) is 30.0. The molecule has 0 aromatic heterocycles. The zero-order chi connectivity index (χ0) is 15.7. The first-order valence-corrected chi connectivity index (χ1v) is 8.86. The Kier molecular flexibility index (Phi) is 4.64. The number of carbonyl (C=O) groups is 1. The van der Waals surface area contributed by atoms with Gasteiger partial charge in [-0.15, -0.1) is 0 Å². The van der Waals surface area contributed by atoms with E-state index in [1.54, 1.807) is 0 Å². The molecule has 1 saturated carbocycles. The van der Waals surface area contributed by atoms with Crippen molar-refractivity contribution in [2.75, 3.05) is 32.7 Å². The summed E-state index contributed by atoms with van der Waals surface area (Å²) in [7, 11) is 0. The number of likely N-dealkylation sites (tertiary alicyclic amines) is 2. The highest BCUT2D eigenvalue weighted by Gasteiger charge is 2.35. The van der Waals surface area contributed by atoms with E-state index in [0.717, 1.165) is 38.0 Å². The Morgan fingerprint density at radius 3 is 2.59 bits per heavy atom. The molecule has 0 aromatic carbocycles. The van der Waals surface area contributed by atoms with Crippen LogP contribution in [0.25, 0.3) is 0 Å². The van der Waals surface area contributed by atoms with Crippen LogP contribution in [-0.4, -0.2) is 66.3 Å². The van der Waals surface area contributed by atoms with Crippen molar-refractivity contribution >= 4 is 6.09 Å². The lowest BCUT2D eigenvalue weighted by Gasteiger charge is -2.24. The van der Waals surface area contributed by atoms with Gasteiger partial charge in [-0.05, 0) is 65.5 Å². The molecule has 2 heterocycles. The highest BCUT2D eigenvalue weighted by Crippen LogP contribution is 2.31. The number of nitrogens with one attached hydrogen (secondary N) is 1. The van der Waals surface area contributed by atoms with Gasteiger partial charge in [0.05, 0.1) is 0 Å². The Morgan fingerprint density at radius 1 is 1.14 bits per heavy atom. The molecule has 0 radical (unpaired) electrons. The van der Waals surface area contributed by atoms with Gasteiger partial charge in [-0.1, -0.05) is 0 Å². The summed E-state index contributed by atoms with van der Waals surface area (Å²) >= 11 is 0. The van der Waals surface area contributed by atoms with Gasteiger partial charge < -0.3 is 19.9 Å². The van der Waals surface area contributed by atoms with Crippen LogP contribution in [0.5, 0.6) is 0 Å². The van der Waals surface area contributed by atoms with Crippen molar-refractivity contribution in [1.29, 1.82) is 0 Å². The molecule has 3 aliphatic rings. The molecule has 3 rings (SSSR count). The average molecular weight is 309 g/mol. The van der Waals surface area contributed by atoms with E-state index < -0.39 is 5.60 Å². The van der Waals surface area contributed by atoms with Gasteiger partial charge in [0.2, 0.25) is 0 Å². The molecule has 0 bridgehead atoms. The van der Waals surface area contributed by atoms with Crippen LogP contribution in [0.4, 0.5) is 4.79 Å². The summed E-state index contributed by atoms with van der Waals surface area (Å²) in [6, 6.07) is 1.33. The third-order valence-corrected chi connectivity index (χ3v) is 4.92. The predicted octanol–water partition coefficient (Wildman–Crippen LogP) is 2.07. The fraction of sp³-hybridized carbons (Fsp3) is 0.941. The summed E-state index contributed by atoms with van der Waals surface area (Å²) in [5.41, 5.74) is -0.404. The lowest BCUT2D eigenvalue weighted by atomic mass is 10.1. The molecule has 5 heteroatoms. The van der Waals surface area contributed by atoms with Crippen molar-refractivity contribution in [3.8, 4) is 0 Å². The minimum atomic E-state index is -0.404. The van der Waals surface area contributed by atoms with Gasteiger partial charge in [-0.2, -0.15) is 0 Å². The molecule has 0 spiro atoms. The maximum atomic E-state index is 12.1. The second kappa shape index (κ2) is 6.36. The van der Waals surface area contributed by atoms with E-state index in [-0.39, 0.29) is 6.09 Å². The second-order valence-corrected chi connectivity index (χ2v) is 8.20. The standard InChI is InChI=1S/C17H31N3O2/c1-17(2,3)22-16(21)20-9-7-14(12-20)18-10-13-6-8-19(11-13)15-4-5-15/h13-15,18H,4-12H2,1-3H3/t13-,14+/m1/s1. The van der Waals surface area contributed by atoms with E-state index in [2.05, 4.69) is 10.2 Å². The molecule has 22 heavy (non-hydrogen) atoms. The van der Waals surface area contributed by atoms with E-state index >= 15 is 0 Å². The monoisotopic (exact) mass is 309 g/mol. The Bertz CT molecular complexity index is 403. The lowest BCUT2D eigenvalue weighted by Crippen LogP contribution is -2.39. The Labute approximate surface area is 134 Å². The quantitative estimate of drug-likeness (QED) is 0.863. The number of amides is 1. The van der Waals surface area contributed by atoms with Crippen molar-refractivity contribution in [2.24, 2.45) is 5.92 Å². The summed E-state index contributed by atoms with van der Waals surface area (Å²) in [6.45, 7) is 11.0. The summed E-state index contributed by atoms with van der Waals surface area (Å²) < 4.78 is 5.45. The summed E-state index contributed by atoms with van der Waals surface area (Å²) in [5, 5.41) is 3.67. The minimum Gasteiger partial charge on any atom is -0.444 e. The molecule has 5 nitrogen and oxygen atoms in total. The summed E-state index contributed by atoms with van der Waals surface area (Å²) in [6.07, 6.45) is 5.02. The number of nitrogens with zero attached hydrogens (tertiary/aromatic N) is 2. The van der Waals surface area contributed by atoms with Gasteiger partial charge in [0.1, 0.15) is 5.60 Å². The van der Waals surface area contributed by atoms with Crippen LogP contribution in [0.3, 0.4) is 0 Å². The second-order valence-electron chi connectivity index (χ2n) is 8.20. The van der Waals surface area contributed by atoms with E-state index in [1.807, 2.05) is 25.7 Å². The van der Waals surface area contributed by atoms with Crippen molar-refractivity contribution < 1.29 is 9.53 Å². The van der Waals surface area contributed by atoms with E-state index in [0.29, 0.717) is 6.04 Å². The van der Waals surface area contributed by atoms with Crippen LogP contribution < -0.4 is 5.32 Å². The SMILES string of the molecule is CC(C)(C)OC(=O)N1CC[C@H](NC[C@H]2CCN(C3CC3)C2)C1. The van der Waals surface area contributed by atoms with Gasteiger partial charge in [0.15, 0.2) is 0 Å². The molecule has 3 fully saturated rings. The molecule has 0 unspecified atom stereocenters. The van der Waals surface area contributed by atoms with E-state index in [1.165, 1.54) is 32.4 Å². The summed E-state index contributed by atoms with van der Waals surface area (Å²) in [4.78, 5) is 16.6. The molecule has 0 aromatic rings. The largest absolute Gasteiger partial charge is 0.444 e. The fourth-order valence-corrected chi connectivity index (χ4v) is 3.55. The highest BCUT2D eigenvalue weighted by molar-refractivity contribution is 5.68. The smallest absolute Gasteiger partial charge is 0.410 e. The maximum absolute atomic E-state index is 12.1. The van der Waals surface area contributed by atoms with Crippen molar-refractivity contribution in [3.63, 3.8) is 0 Å². The van der Waals surface area contributed by atoms with Crippen molar-refractivity contribution in [1.82, 2.24) is 15.1 Å². The molecule has 126 valence electrons. The van der Waals surface area contributed by atoms with Gasteiger partial charge >= 0.3 is 6.09 Å². The fourth-order valence-electron chi connectivity index (χ4n) is 3.55. The topological polar surface area (TPSA) is 44.8 Å². The van der Waals surface area contributed by atoms with Crippen LogP contribution in [0.15, 0.2) is 0 Å². The summed E-state index contributed by atoms with van der Waals surface area (Å²) in [5.74, 6) is 0.788. The van der Waals surface area contributed by atoms with Crippen LogP contribution in [-0.2, 0) is 4.74 Å². The minimum absolute atomic E-state index is 0.169. The molecule has 2 atom stereocenters. The van der Waals surface area contributed by atoms with Gasteiger partial charge in [0.25, 0.3) is 0 Å². The molecule has 1 aliphatic carbocycles. The third-order valence-electron chi connectivity index (χ3n) is 4.92. The van der Waals surface area contributed by atoms with Crippen LogP contribution in [0.1, 0.15) is 46.5 Å². The molecular formula is C17H31N3O2. The van der Waals surface area contributed by atoms with Crippen LogP contribution in [0, 0.1) is 5.92 Å². The maximum Gasteiger partial charge on any atom is 0.410 e. The molecule has 1 N–H and O–H groups in total. The highest BCUT2D eigenvalue weighted by atomic mass is 16.6. The van der Waals surface area contributed by atoms with Crippen molar-refractivity contribution in [2.45, 2.75) is 64.1 Å². The zero-order valence-electron chi connectivity index (χ0n) is 14.3. The Morgan fingerprint density at radius 2 is 1.91 bits per heavy atom.